The molecule has 1 aromatic carbocycles. The number of pyridine rings is 1. The van der Waals surface area contributed by atoms with Gasteiger partial charge in [0.05, 0.1) is 12.6 Å². The lowest BCUT2D eigenvalue weighted by atomic mass is 9.84. The van der Waals surface area contributed by atoms with E-state index in [1.54, 1.807) is 4.90 Å². The molecule has 8 nitrogen and oxygen atoms in total. The summed E-state index contributed by atoms with van der Waals surface area (Å²) in [7, 11) is 0. The molecule has 10 heteroatoms. The monoisotopic (exact) mass is 459 g/mol. The Balaban J connectivity index is 1.44. The van der Waals surface area contributed by atoms with Gasteiger partial charge in [0.25, 0.3) is 11.8 Å². The second kappa shape index (κ2) is 7.95. The molecule has 3 aliphatic heterocycles. The summed E-state index contributed by atoms with van der Waals surface area (Å²) in [5.74, 6) is -3.44. The predicted molar refractivity (Wildman–Crippen MR) is 112 cm³/mol. The average molecular weight is 459 g/mol. The molecular weight excluding hydrogens is 436 g/mol. The molecule has 1 unspecified atom stereocenters. The van der Waals surface area contributed by atoms with Crippen molar-refractivity contribution in [2.45, 2.75) is 57.6 Å². The zero-order valence-electron chi connectivity index (χ0n) is 17.9. The van der Waals surface area contributed by atoms with Crippen LogP contribution >= 0.6 is 0 Å². The van der Waals surface area contributed by atoms with E-state index in [1.165, 1.54) is 16.8 Å². The Kier molecular flexibility index (Phi) is 5.19. The number of halogens is 2. The molecule has 6 rings (SSSR count). The minimum absolute atomic E-state index is 0.0203. The van der Waals surface area contributed by atoms with Gasteiger partial charge in [-0.15, -0.1) is 0 Å². The van der Waals surface area contributed by atoms with E-state index in [0.717, 1.165) is 25.3 Å². The molecule has 2 saturated heterocycles. The molecule has 0 spiro atoms. The lowest BCUT2D eigenvalue weighted by molar-refractivity contribution is -0.0888. The van der Waals surface area contributed by atoms with Crippen molar-refractivity contribution in [1.82, 2.24) is 14.8 Å². The van der Waals surface area contributed by atoms with Crippen molar-refractivity contribution < 1.29 is 28.2 Å². The first-order valence-corrected chi connectivity index (χ1v) is 10.9. The molecule has 2 bridgehead atoms. The number of aromatic nitrogens is 1. The third-order valence-corrected chi connectivity index (χ3v) is 6.84. The van der Waals surface area contributed by atoms with Gasteiger partial charge in [-0.3, -0.25) is 14.4 Å². The number of nitrogens with one attached hydrogen (secondary N) is 1. The number of aromatic hydroxyl groups is 1. The number of hydrogen-bond acceptors (Lipinski definition) is 5. The maximum Gasteiger partial charge on any atom is 0.276 e. The number of fused-ring (bicyclic) bond motifs is 3. The fourth-order valence-electron chi connectivity index (χ4n) is 5.13. The van der Waals surface area contributed by atoms with Gasteiger partial charge in [-0.05, 0) is 31.2 Å². The Morgan fingerprint density at radius 2 is 2.06 bits per heavy atom. The first-order chi connectivity index (χ1) is 15.7. The van der Waals surface area contributed by atoms with Crippen LogP contribution in [0.1, 0.15) is 52.6 Å². The number of nitrogens with zero attached hydrogens (tertiary/aromatic N) is 2. The molecule has 2 N–H and O–H groups in total. The van der Waals surface area contributed by atoms with Gasteiger partial charge in [0.1, 0.15) is 17.2 Å². The average Bonchev–Trinajstić information content (AvgIpc) is 3.02. The number of ether oxygens (including phenoxy) is 1. The highest BCUT2D eigenvalue weighted by molar-refractivity contribution is 5.99. The van der Waals surface area contributed by atoms with Crippen LogP contribution in [0.15, 0.2) is 29.2 Å². The van der Waals surface area contributed by atoms with Gasteiger partial charge >= 0.3 is 0 Å². The van der Waals surface area contributed by atoms with Crippen molar-refractivity contribution in [3.63, 3.8) is 0 Å². The Hall–Kier alpha value is -3.27. The Morgan fingerprint density at radius 1 is 1.27 bits per heavy atom. The number of hydrogen-bond donors (Lipinski definition) is 2. The maximum atomic E-state index is 13.8. The summed E-state index contributed by atoms with van der Waals surface area (Å²) in [5, 5.41) is 13.0. The summed E-state index contributed by atoms with van der Waals surface area (Å²) in [4.78, 5) is 40.3. The third kappa shape index (κ3) is 3.58. The second-order valence-corrected chi connectivity index (χ2v) is 8.93. The van der Waals surface area contributed by atoms with E-state index >= 15 is 0 Å². The topological polar surface area (TPSA) is 101 Å². The van der Waals surface area contributed by atoms with Gasteiger partial charge in [0, 0.05) is 30.4 Å². The summed E-state index contributed by atoms with van der Waals surface area (Å²) < 4.78 is 34.5. The fourth-order valence-corrected chi connectivity index (χ4v) is 5.13. The van der Waals surface area contributed by atoms with Gasteiger partial charge in [0.2, 0.25) is 5.43 Å². The lowest BCUT2D eigenvalue weighted by Gasteiger charge is -2.39. The van der Waals surface area contributed by atoms with E-state index in [9.17, 15) is 28.3 Å². The first-order valence-electron chi connectivity index (χ1n) is 10.9. The van der Waals surface area contributed by atoms with Gasteiger partial charge in [-0.25, -0.2) is 8.78 Å². The van der Waals surface area contributed by atoms with Crippen LogP contribution in [-0.4, -0.2) is 44.8 Å². The minimum Gasteiger partial charge on any atom is -0.503 e. The Bertz CT molecular complexity index is 1210. The van der Waals surface area contributed by atoms with Crippen LogP contribution in [0.5, 0.6) is 5.75 Å². The van der Waals surface area contributed by atoms with Crippen molar-refractivity contribution in [2.75, 3.05) is 0 Å². The van der Waals surface area contributed by atoms with E-state index in [4.69, 9.17) is 4.74 Å². The summed E-state index contributed by atoms with van der Waals surface area (Å²) in [5.41, 5.74) is -1.50. The first kappa shape index (κ1) is 21.6. The van der Waals surface area contributed by atoms with Crippen LogP contribution in [-0.2, 0) is 17.8 Å². The zero-order valence-corrected chi connectivity index (χ0v) is 17.9. The SMILES string of the molecule is CC1C[C@H]2CC[C@@H]1O[C@@H]1Cn3cc(C(=O)NCc4ccc(F)cc4F)c(=O)c(O)c3C(=O)N21. The molecule has 4 atom stereocenters. The third-order valence-electron chi connectivity index (χ3n) is 6.84. The van der Waals surface area contributed by atoms with Crippen LogP contribution in [0, 0.1) is 17.6 Å². The molecule has 1 aromatic heterocycles. The number of benzene rings is 1. The highest BCUT2D eigenvalue weighted by atomic mass is 19.1. The summed E-state index contributed by atoms with van der Waals surface area (Å²) in [6.45, 7) is 1.97. The Labute approximate surface area is 187 Å². The van der Waals surface area contributed by atoms with E-state index in [2.05, 4.69) is 12.2 Å². The molecular formula is C23H23F2N3O5. The molecule has 174 valence electrons. The molecule has 4 aliphatic rings. The number of carbonyl (C=O) groups excluding carboxylic acids is 2. The van der Waals surface area contributed by atoms with Crippen LogP contribution in [0.25, 0.3) is 0 Å². The standard InChI is InChI=1S/C23H23F2N3O5/c1-11-6-14-4-5-17(11)33-18-10-27-9-15(20(29)21(30)19(27)23(32)28(14)18)22(31)26-8-12-2-3-13(24)7-16(12)25/h2-3,7,9,11,14,17-18,30H,4-6,8,10H2,1H3,(H,26,31)/t11?,14-,17+,18-/m1/s1. The van der Waals surface area contributed by atoms with E-state index in [-0.39, 0.29) is 48.0 Å². The normalized spacial score (nSPS) is 25.9. The molecule has 0 radical (unpaired) electrons. The molecule has 33 heavy (non-hydrogen) atoms. The molecule has 1 aliphatic carbocycles. The van der Waals surface area contributed by atoms with Crippen LogP contribution in [0.3, 0.4) is 0 Å². The zero-order chi connectivity index (χ0) is 23.4. The number of carbonyl (C=O) groups is 2. The van der Waals surface area contributed by atoms with Crippen molar-refractivity contribution in [3.05, 3.63) is 63.1 Å². The Morgan fingerprint density at radius 3 is 2.79 bits per heavy atom. The quantitative estimate of drug-likeness (QED) is 0.733. The predicted octanol–water partition coefficient (Wildman–Crippen LogP) is 2.13. The van der Waals surface area contributed by atoms with Gasteiger partial charge in [-0.1, -0.05) is 13.0 Å². The molecule has 2 aromatic rings. The summed E-state index contributed by atoms with van der Waals surface area (Å²) >= 11 is 0. The maximum absolute atomic E-state index is 13.8. The summed E-state index contributed by atoms with van der Waals surface area (Å²) in [6.07, 6.45) is 3.11. The highest BCUT2D eigenvalue weighted by Crippen LogP contribution is 2.39. The van der Waals surface area contributed by atoms with Crippen LogP contribution in [0.2, 0.25) is 0 Å². The summed E-state index contributed by atoms with van der Waals surface area (Å²) in [6, 6.07) is 2.91. The molecule has 2 amide bonds. The van der Waals surface area contributed by atoms with Crippen molar-refractivity contribution in [3.8, 4) is 5.75 Å². The smallest absolute Gasteiger partial charge is 0.276 e. The minimum atomic E-state index is -0.987. The van der Waals surface area contributed by atoms with E-state index in [1.807, 2.05) is 0 Å². The van der Waals surface area contributed by atoms with Crippen molar-refractivity contribution >= 4 is 11.8 Å². The van der Waals surface area contributed by atoms with Crippen molar-refractivity contribution in [2.24, 2.45) is 5.92 Å². The van der Waals surface area contributed by atoms with Gasteiger partial charge in [-0.2, -0.15) is 0 Å². The molecule has 3 fully saturated rings. The molecule has 1 saturated carbocycles. The van der Waals surface area contributed by atoms with Gasteiger partial charge in [0.15, 0.2) is 17.7 Å². The lowest BCUT2D eigenvalue weighted by Crippen LogP contribution is -2.53. The second-order valence-electron chi connectivity index (χ2n) is 8.93. The molecule has 4 heterocycles. The number of amides is 2. The highest BCUT2D eigenvalue weighted by Gasteiger charge is 2.47. The number of rotatable bonds is 3. The van der Waals surface area contributed by atoms with Crippen LogP contribution in [0.4, 0.5) is 8.78 Å². The van der Waals surface area contributed by atoms with E-state index < -0.39 is 40.9 Å². The van der Waals surface area contributed by atoms with Gasteiger partial charge < -0.3 is 24.6 Å². The van der Waals surface area contributed by atoms with Crippen molar-refractivity contribution in [1.29, 1.82) is 0 Å². The van der Waals surface area contributed by atoms with Crippen LogP contribution < -0.4 is 10.7 Å². The fraction of sp³-hybridized carbons (Fsp3) is 0.435. The largest absolute Gasteiger partial charge is 0.503 e. The van der Waals surface area contributed by atoms with E-state index in [0.29, 0.717) is 6.07 Å².